The number of fused-ring (bicyclic) bond motifs is 1. The molecule has 0 unspecified atom stereocenters. The molecule has 26 heavy (non-hydrogen) atoms. The molecule has 0 amide bonds. The van der Waals surface area contributed by atoms with Crippen molar-refractivity contribution in [3.05, 3.63) is 59.7 Å². The molecule has 2 heterocycles. The lowest BCUT2D eigenvalue weighted by Gasteiger charge is -2.32. The number of methoxy groups -OCH3 is 2. The molecule has 3 N–H and O–H groups in total. The van der Waals surface area contributed by atoms with E-state index in [-0.39, 0.29) is 18.0 Å². The minimum atomic E-state index is -0.0284. The number of nitrogens with two attached hydrogens (primary N) is 1. The van der Waals surface area contributed by atoms with Crippen LogP contribution in [0.3, 0.4) is 0 Å². The van der Waals surface area contributed by atoms with Gasteiger partial charge in [0.05, 0.1) is 26.3 Å². The van der Waals surface area contributed by atoms with E-state index in [1.54, 1.807) is 14.2 Å². The second kappa shape index (κ2) is 6.59. The first-order valence-corrected chi connectivity index (χ1v) is 8.45. The summed E-state index contributed by atoms with van der Waals surface area (Å²) >= 11 is 0. The molecule has 2 atom stereocenters. The molecule has 4 rings (SSSR count). The van der Waals surface area contributed by atoms with Crippen LogP contribution < -0.4 is 20.5 Å². The summed E-state index contributed by atoms with van der Waals surface area (Å²) in [4.78, 5) is 4.34. The third-order valence-electron chi connectivity index (χ3n) is 4.72. The van der Waals surface area contributed by atoms with Crippen LogP contribution in [0.25, 0.3) is 0 Å². The molecule has 0 bridgehead atoms. The molecule has 134 valence electrons. The molecule has 7 heteroatoms. The highest BCUT2D eigenvalue weighted by atomic mass is 16.5. The lowest BCUT2D eigenvalue weighted by Crippen LogP contribution is -2.28. The van der Waals surface area contributed by atoms with Crippen molar-refractivity contribution in [1.29, 1.82) is 0 Å². The van der Waals surface area contributed by atoms with Crippen LogP contribution in [-0.2, 0) is 0 Å². The Morgan fingerprint density at radius 3 is 2.58 bits per heavy atom. The van der Waals surface area contributed by atoms with E-state index in [2.05, 4.69) is 33.6 Å². The first kappa shape index (κ1) is 16.3. The van der Waals surface area contributed by atoms with Crippen LogP contribution in [0.15, 0.2) is 48.5 Å². The molecule has 0 saturated carbocycles. The smallest absolute Gasteiger partial charge is 0.241 e. The number of benzene rings is 2. The topological polar surface area (TPSA) is 87.2 Å². The van der Waals surface area contributed by atoms with E-state index in [9.17, 15) is 0 Å². The Bertz CT molecular complexity index is 907. The summed E-state index contributed by atoms with van der Waals surface area (Å²) in [5.74, 6) is 2.57. The van der Waals surface area contributed by atoms with E-state index >= 15 is 0 Å². The Kier molecular flexibility index (Phi) is 4.12. The standard InChI is InChI=1S/C19H21N5O2/c1-25-13-9-7-12(8-10-13)15-11-16(14-5-3-4-6-17(14)26-2)24-19(21-15)22-18(20)23-24/h3-10,15-16H,11H2,1-2H3,(H3,20,21,22,23)/t15-,16-/m0/s1. The van der Waals surface area contributed by atoms with Crippen molar-refractivity contribution < 1.29 is 9.47 Å². The predicted octanol–water partition coefficient (Wildman–Crippen LogP) is 3.02. The van der Waals surface area contributed by atoms with E-state index in [1.165, 1.54) is 0 Å². The molecule has 1 aromatic heterocycles. The highest BCUT2D eigenvalue weighted by Gasteiger charge is 2.32. The summed E-state index contributed by atoms with van der Waals surface area (Å²) in [5.41, 5.74) is 8.07. The Morgan fingerprint density at radius 1 is 1.08 bits per heavy atom. The molecule has 0 saturated heterocycles. The average molecular weight is 351 g/mol. The van der Waals surface area contributed by atoms with Gasteiger partial charge >= 0.3 is 0 Å². The second-order valence-corrected chi connectivity index (χ2v) is 6.20. The summed E-state index contributed by atoms with van der Waals surface area (Å²) < 4.78 is 12.7. The first-order chi connectivity index (χ1) is 12.7. The van der Waals surface area contributed by atoms with Gasteiger partial charge in [0.15, 0.2) is 0 Å². The summed E-state index contributed by atoms with van der Waals surface area (Å²) in [6.07, 6.45) is 0.794. The highest BCUT2D eigenvalue weighted by molar-refractivity contribution is 5.45. The van der Waals surface area contributed by atoms with Crippen LogP contribution in [0.5, 0.6) is 11.5 Å². The van der Waals surface area contributed by atoms with E-state index in [0.29, 0.717) is 5.95 Å². The quantitative estimate of drug-likeness (QED) is 0.751. The molecule has 3 aromatic rings. The van der Waals surface area contributed by atoms with Gasteiger partial charge in [-0.15, -0.1) is 5.10 Å². The van der Waals surface area contributed by atoms with Crippen LogP contribution in [0.2, 0.25) is 0 Å². The zero-order chi connectivity index (χ0) is 18.1. The molecular formula is C19H21N5O2. The SMILES string of the molecule is COc1ccc([C@@H]2C[C@@H](c3ccccc3OC)n3nc(N)nc3N2)cc1. The van der Waals surface area contributed by atoms with Gasteiger partial charge in [0.25, 0.3) is 0 Å². The number of anilines is 2. The van der Waals surface area contributed by atoms with Gasteiger partial charge < -0.3 is 20.5 Å². The summed E-state index contributed by atoms with van der Waals surface area (Å²) in [5, 5.41) is 7.82. The van der Waals surface area contributed by atoms with Gasteiger partial charge in [0.2, 0.25) is 11.9 Å². The normalized spacial score (nSPS) is 18.7. The number of aromatic nitrogens is 3. The van der Waals surface area contributed by atoms with Crippen molar-refractivity contribution >= 4 is 11.9 Å². The predicted molar refractivity (Wildman–Crippen MR) is 99.5 cm³/mol. The van der Waals surface area contributed by atoms with Gasteiger partial charge in [-0.2, -0.15) is 4.98 Å². The van der Waals surface area contributed by atoms with Gasteiger partial charge in [-0.25, -0.2) is 4.68 Å². The van der Waals surface area contributed by atoms with Gasteiger partial charge in [-0.1, -0.05) is 30.3 Å². The fraction of sp³-hybridized carbons (Fsp3) is 0.263. The maximum atomic E-state index is 5.86. The van der Waals surface area contributed by atoms with Crippen molar-refractivity contribution in [3.63, 3.8) is 0 Å². The largest absolute Gasteiger partial charge is 0.497 e. The number of rotatable bonds is 4. The maximum Gasteiger partial charge on any atom is 0.241 e. The molecule has 1 aliphatic heterocycles. The molecule has 0 fully saturated rings. The molecule has 0 spiro atoms. The van der Waals surface area contributed by atoms with Crippen LogP contribution in [-0.4, -0.2) is 29.0 Å². The Hall–Kier alpha value is -3.22. The number of hydrogen-bond acceptors (Lipinski definition) is 6. The number of ether oxygens (including phenoxy) is 2. The lowest BCUT2D eigenvalue weighted by atomic mass is 9.93. The van der Waals surface area contributed by atoms with Crippen molar-refractivity contribution in [1.82, 2.24) is 14.8 Å². The minimum Gasteiger partial charge on any atom is -0.497 e. The third-order valence-corrected chi connectivity index (χ3v) is 4.72. The zero-order valence-corrected chi connectivity index (χ0v) is 14.7. The lowest BCUT2D eigenvalue weighted by molar-refractivity contribution is 0.380. The van der Waals surface area contributed by atoms with Crippen LogP contribution in [0.1, 0.15) is 29.6 Å². The molecule has 0 radical (unpaired) electrons. The van der Waals surface area contributed by atoms with E-state index in [4.69, 9.17) is 15.2 Å². The van der Waals surface area contributed by atoms with Crippen LogP contribution in [0, 0.1) is 0 Å². The van der Waals surface area contributed by atoms with Crippen LogP contribution >= 0.6 is 0 Å². The summed E-state index contributed by atoms with van der Waals surface area (Å²) in [6, 6.07) is 16.1. The van der Waals surface area contributed by atoms with E-state index < -0.39 is 0 Å². The first-order valence-electron chi connectivity index (χ1n) is 8.45. The number of nitrogens with one attached hydrogen (secondary N) is 1. The van der Waals surface area contributed by atoms with Crippen LogP contribution in [0.4, 0.5) is 11.9 Å². The minimum absolute atomic E-state index is 0.0284. The average Bonchev–Trinajstić information content (AvgIpc) is 3.07. The third kappa shape index (κ3) is 2.81. The summed E-state index contributed by atoms with van der Waals surface area (Å²) in [7, 11) is 3.34. The molecule has 7 nitrogen and oxygen atoms in total. The van der Waals surface area contributed by atoms with E-state index in [1.807, 2.05) is 35.0 Å². The fourth-order valence-electron chi connectivity index (χ4n) is 3.45. The molecule has 1 aliphatic rings. The highest BCUT2D eigenvalue weighted by Crippen LogP contribution is 2.40. The molecule has 2 aromatic carbocycles. The number of para-hydroxylation sites is 1. The zero-order valence-electron chi connectivity index (χ0n) is 14.7. The Balaban J connectivity index is 1.75. The van der Waals surface area contributed by atoms with E-state index in [0.717, 1.165) is 29.0 Å². The Labute approximate surface area is 151 Å². The molecule has 0 aliphatic carbocycles. The van der Waals surface area contributed by atoms with Crippen molar-refractivity contribution in [2.75, 3.05) is 25.3 Å². The number of nitrogen functional groups attached to an aromatic ring is 1. The van der Waals surface area contributed by atoms with Crippen molar-refractivity contribution in [2.45, 2.75) is 18.5 Å². The van der Waals surface area contributed by atoms with Gasteiger partial charge in [0, 0.05) is 5.56 Å². The Morgan fingerprint density at radius 2 is 1.85 bits per heavy atom. The monoisotopic (exact) mass is 351 g/mol. The van der Waals surface area contributed by atoms with Gasteiger partial charge in [-0.3, -0.25) is 0 Å². The van der Waals surface area contributed by atoms with Crippen molar-refractivity contribution in [2.24, 2.45) is 0 Å². The molecular weight excluding hydrogens is 330 g/mol. The number of nitrogens with zero attached hydrogens (tertiary/aromatic N) is 3. The van der Waals surface area contributed by atoms with Gasteiger partial charge in [-0.05, 0) is 30.2 Å². The number of hydrogen-bond donors (Lipinski definition) is 2. The maximum absolute atomic E-state index is 5.86. The fourth-order valence-corrected chi connectivity index (χ4v) is 3.45. The summed E-state index contributed by atoms with van der Waals surface area (Å²) in [6.45, 7) is 0. The van der Waals surface area contributed by atoms with Gasteiger partial charge in [0.1, 0.15) is 11.5 Å². The second-order valence-electron chi connectivity index (χ2n) is 6.20. The van der Waals surface area contributed by atoms with Crippen molar-refractivity contribution in [3.8, 4) is 11.5 Å².